The molecule has 12 N–H and O–H groups in total. The van der Waals surface area contributed by atoms with Crippen LogP contribution in [0, 0.1) is 0 Å². The maximum absolute atomic E-state index is 0. The Kier molecular flexibility index (Phi) is 220000. The van der Waals surface area contributed by atoms with Crippen molar-refractivity contribution in [3.8, 4) is 0 Å². The topological polar surface area (TPSA) is 140 Å². The second-order valence-electron chi connectivity index (χ2n) is 0. The Hall–Kier alpha value is -0.440. The molecule has 0 radical (unpaired) electrons. The van der Waals surface area contributed by atoms with Crippen LogP contribution in [0.5, 0.6) is 0 Å². The molecular formula is H16F4N4. The molecule has 4 nitrogen and oxygen atoms in total. The molecule has 8 heteroatoms. The van der Waals surface area contributed by atoms with Gasteiger partial charge in [0.1, 0.15) is 0 Å². The van der Waals surface area contributed by atoms with E-state index in [-0.39, 0.29) is 43.4 Å². The quantitative estimate of drug-likeness (QED) is 0.383. The highest BCUT2D eigenvalue weighted by molar-refractivity contribution is 2.14. The summed E-state index contributed by atoms with van der Waals surface area (Å²) < 4.78 is 0. The number of hydrogen-bond donors (Lipinski definition) is 4. The first-order valence-electron chi connectivity index (χ1n) is 0. The lowest BCUT2D eigenvalue weighted by molar-refractivity contribution is 1.11. The first-order valence-corrected chi connectivity index (χ1v) is 0. The fourth-order valence-corrected chi connectivity index (χ4v) is 0. The van der Waals surface area contributed by atoms with E-state index >= 15 is 0 Å². The summed E-state index contributed by atoms with van der Waals surface area (Å²) >= 11 is 0. The molecule has 0 aromatic carbocycles. The van der Waals surface area contributed by atoms with E-state index in [0.29, 0.717) is 0 Å². The van der Waals surface area contributed by atoms with Crippen LogP contribution < -0.4 is 24.6 Å². The molecule has 0 bridgehead atoms. The highest BCUT2D eigenvalue weighted by atomic mass is 19.0. The van der Waals surface area contributed by atoms with Crippen LogP contribution in [-0.2, 0) is 0 Å². The maximum Gasteiger partial charge on any atom is -0.269 e. The van der Waals surface area contributed by atoms with Crippen LogP contribution in [-0.4, -0.2) is 0 Å². The highest BCUT2D eigenvalue weighted by Gasteiger charge is -0.266. The van der Waals surface area contributed by atoms with Gasteiger partial charge in [0.15, 0.2) is 0 Å². The van der Waals surface area contributed by atoms with Crippen molar-refractivity contribution in [1.29, 1.82) is 0 Å². The van der Waals surface area contributed by atoms with Crippen molar-refractivity contribution in [2.45, 2.75) is 0 Å². The molecule has 0 rings (SSSR count). The first kappa shape index (κ1) is 1680. The number of hydrogen-bond acceptors (Lipinski definition) is 4. The van der Waals surface area contributed by atoms with Crippen molar-refractivity contribution in [2.75, 3.05) is 0 Å². The Morgan fingerprint density at radius 2 is 0.250 bits per heavy atom. The summed E-state index contributed by atoms with van der Waals surface area (Å²) in [6.45, 7) is 0. The van der Waals surface area contributed by atoms with Gasteiger partial charge in [0.2, 0.25) is 0 Å². The molecule has 0 aromatic heterocycles. The monoisotopic (exact) mass is 148 g/mol. The van der Waals surface area contributed by atoms with Gasteiger partial charge in [-0.2, -0.15) is 0 Å². The van der Waals surface area contributed by atoms with Crippen LogP contribution in [0.3, 0.4) is 0 Å². The third kappa shape index (κ3) is 597. The van der Waals surface area contributed by atoms with E-state index < -0.39 is 0 Å². The minimum atomic E-state index is 0. The molecule has 0 spiro atoms. The third-order valence-electron chi connectivity index (χ3n) is 0. The second-order valence-corrected chi connectivity index (χ2v) is 0. The van der Waals surface area contributed by atoms with Gasteiger partial charge in [0, 0.05) is 0 Å². The van der Waals surface area contributed by atoms with Crippen molar-refractivity contribution in [3.05, 3.63) is 0 Å². The minimum absolute atomic E-state index is 0. The lowest BCUT2D eigenvalue weighted by Crippen LogP contribution is -0.482. The van der Waals surface area contributed by atoms with Crippen molar-refractivity contribution in [1.82, 2.24) is 24.6 Å². The molecule has 0 aromatic rings. The zero-order valence-electron chi connectivity index (χ0n) is 4.46. The van der Waals surface area contributed by atoms with Gasteiger partial charge in [-0.15, -0.1) is 0 Å². The lowest BCUT2D eigenvalue weighted by Gasteiger charge is -0.345. The van der Waals surface area contributed by atoms with Crippen molar-refractivity contribution in [2.24, 2.45) is 0 Å². The zero-order valence-corrected chi connectivity index (χ0v) is 4.46. The molecule has 0 aliphatic rings. The van der Waals surface area contributed by atoms with Gasteiger partial charge in [-0.1, -0.05) is 0 Å². The Bertz CT molecular complexity index is 8.00. The standard InChI is InChI=1S/4FH.4H3N/h4*1H;4*1H3. The van der Waals surface area contributed by atoms with Crippen molar-refractivity contribution >= 4 is 0 Å². The molecule has 0 aliphatic heterocycles. The van der Waals surface area contributed by atoms with Crippen LogP contribution in [0.2, 0.25) is 0 Å². The zero-order chi connectivity index (χ0) is 0. The molecule has 0 fully saturated rings. The Balaban J connectivity index is 0. The van der Waals surface area contributed by atoms with Gasteiger partial charge in [-0.3, -0.25) is 18.8 Å². The molecular weight excluding hydrogens is 132 g/mol. The smallest absolute Gasteiger partial charge is 0.269 e. The highest BCUT2D eigenvalue weighted by Crippen LogP contribution is 0.423. The van der Waals surface area contributed by atoms with E-state index in [1.54, 1.807) is 0 Å². The Labute approximate surface area is 44.8 Å². The third-order valence-corrected chi connectivity index (χ3v) is 0. The van der Waals surface area contributed by atoms with E-state index in [4.69, 9.17) is 0 Å². The van der Waals surface area contributed by atoms with E-state index in [1.165, 1.54) is 0 Å². The molecule has 0 saturated carbocycles. The fourth-order valence-electron chi connectivity index (χ4n) is 0. The summed E-state index contributed by atoms with van der Waals surface area (Å²) in [6.07, 6.45) is 0. The van der Waals surface area contributed by atoms with Crippen LogP contribution in [0.4, 0.5) is 18.8 Å². The normalized spacial score (nSPS) is 0. The SMILES string of the molecule is F.F.F.F.N.N.N.N. The van der Waals surface area contributed by atoms with E-state index in [1.807, 2.05) is 0 Å². The second kappa shape index (κ2) is 1050. The first-order chi connectivity index (χ1) is 0. The van der Waals surface area contributed by atoms with Gasteiger partial charge in [0.25, 0.3) is 0 Å². The summed E-state index contributed by atoms with van der Waals surface area (Å²) in [6, 6.07) is 0. The van der Waals surface area contributed by atoms with E-state index in [0.717, 1.165) is 0 Å². The van der Waals surface area contributed by atoms with Crippen LogP contribution in [0.1, 0.15) is 0 Å². The van der Waals surface area contributed by atoms with Crippen molar-refractivity contribution in [3.63, 3.8) is 0 Å². The summed E-state index contributed by atoms with van der Waals surface area (Å²) in [4.78, 5) is 0. The van der Waals surface area contributed by atoms with Crippen molar-refractivity contribution < 1.29 is 18.8 Å². The lowest BCUT2D eigenvalue weighted by atomic mass is 14.0. The Morgan fingerprint density at radius 1 is 0.250 bits per heavy atom. The van der Waals surface area contributed by atoms with Gasteiger partial charge in [-0.05, 0) is 0 Å². The number of halogens is 4. The van der Waals surface area contributed by atoms with E-state index in [9.17, 15) is 0 Å². The molecule has 8 heavy (non-hydrogen) atoms. The molecule has 0 atom stereocenters. The minimum Gasteiger partial charge on any atom is -0.344 e. The van der Waals surface area contributed by atoms with Gasteiger partial charge < -0.3 is 24.6 Å². The molecule has 0 heterocycles. The van der Waals surface area contributed by atoms with Gasteiger partial charge >= 0.3 is 0 Å². The molecule has 64 valence electrons. The summed E-state index contributed by atoms with van der Waals surface area (Å²) in [7, 11) is 0. The summed E-state index contributed by atoms with van der Waals surface area (Å²) in [5, 5.41) is 0. The van der Waals surface area contributed by atoms with Gasteiger partial charge in [-0.25, -0.2) is 0 Å². The summed E-state index contributed by atoms with van der Waals surface area (Å²) in [5.74, 6) is 0. The van der Waals surface area contributed by atoms with Crippen LogP contribution >= 0.6 is 0 Å². The average molecular weight is 148 g/mol. The van der Waals surface area contributed by atoms with Crippen LogP contribution in [0.25, 0.3) is 0 Å². The largest absolute Gasteiger partial charge is 0.344 e. The Morgan fingerprint density at radius 3 is 0.250 bits per heavy atom. The predicted molar refractivity (Wildman–Crippen MR) is 30.1 cm³/mol. The van der Waals surface area contributed by atoms with E-state index in [2.05, 4.69) is 0 Å². The fraction of sp³-hybridized carbons (Fsp3) is 0. The predicted octanol–water partition coefficient (Wildman–Crippen LogP) is 1.26. The average Bonchev–Trinajstić information content (AvgIpc) is 0. The molecule has 0 amide bonds. The molecule has 0 saturated heterocycles. The maximum atomic E-state index is 0. The number of rotatable bonds is 0. The molecule has 0 unspecified atom stereocenters. The van der Waals surface area contributed by atoms with Gasteiger partial charge in [0.05, 0.1) is 0 Å². The van der Waals surface area contributed by atoms with Crippen LogP contribution in [0.15, 0.2) is 0 Å². The molecule has 0 aliphatic carbocycles. The summed E-state index contributed by atoms with van der Waals surface area (Å²) in [5.41, 5.74) is 0.